The van der Waals surface area contributed by atoms with E-state index in [1.165, 1.54) is 0 Å². The van der Waals surface area contributed by atoms with Crippen LogP contribution < -0.4 is 0 Å². The fraction of sp³-hybridized carbons (Fsp3) is 0.500. The van der Waals surface area contributed by atoms with Crippen molar-refractivity contribution >= 4 is 17.2 Å². The first kappa shape index (κ1) is 19.8. The zero-order valence-corrected chi connectivity index (χ0v) is 17.6. The number of aryl methyl sites for hydroxylation is 3. The van der Waals surface area contributed by atoms with Crippen molar-refractivity contribution in [3.63, 3.8) is 0 Å². The molecule has 0 bridgehead atoms. The van der Waals surface area contributed by atoms with Gasteiger partial charge in [-0.1, -0.05) is 16.4 Å². The van der Waals surface area contributed by atoms with Gasteiger partial charge >= 0.3 is 0 Å². The lowest BCUT2D eigenvalue weighted by molar-refractivity contribution is -0.132. The Morgan fingerprint density at radius 2 is 2.00 bits per heavy atom. The van der Waals surface area contributed by atoms with Crippen LogP contribution in [0.4, 0.5) is 0 Å². The Labute approximate surface area is 173 Å². The van der Waals surface area contributed by atoms with Crippen LogP contribution in [0.2, 0.25) is 0 Å². The summed E-state index contributed by atoms with van der Waals surface area (Å²) in [7, 11) is 0. The fourth-order valence-corrected chi connectivity index (χ4v) is 4.20. The van der Waals surface area contributed by atoms with Crippen molar-refractivity contribution in [2.75, 3.05) is 32.7 Å². The van der Waals surface area contributed by atoms with Crippen LogP contribution in [0.15, 0.2) is 26.6 Å². The van der Waals surface area contributed by atoms with Crippen molar-refractivity contribution < 1.29 is 13.8 Å². The Morgan fingerprint density at radius 1 is 1.17 bits per heavy atom. The van der Waals surface area contributed by atoms with Gasteiger partial charge in [-0.3, -0.25) is 9.69 Å². The summed E-state index contributed by atoms with van der Waals surface area (Å²) in [6, 6.07) is 3.97. The highest BCUT2D eigenvalue weighted by atomic mass is 32.1. The predicted molar refractivity (Wildman–Crippen MR) is 109 cm³/mol. The number of rotatable bonds is 7. The molecular weight excluding hydrogens is 390 g/mol. The molecule has 154 valence electrons. The minimum absolute atomic E-state index is 0.144. The Bertz CT molecular complexity index is 922. The fourth-order valence-electron chi connectivity index (χ4n) is 3.55. The minimum Gasteiger partial charge on any atom is -0.361 e. The second kappa shape index (κ2) is 8.87. The van der Waals surface area contributed by atoms with Crippen LogP contribution >= 0.6 is 11.3 Å². The highest BCUT2D eigenvalue weighted by Gasteiger charge is 2.23. The molecule has 0 spiro atoms. The predicted octanol–water partition coefficient (Wildman–Crippen LogP) is 2.72. The number of carbonyl (C=O) groups excluding carboxylic acids is 1. The van der Waals surface area contributed by atoms with E-state index in [1.54, 1.807) is 11.3 Å². The van der Waals surface area contributed by atoms with Gasteiger partial charge in [-0.2, -0.15) is 4.98 Å². The standard InChI is InChI=1S/C20H25N5O3S/c1-14-16(15(2)27-22-14)13-19(26)25-10-8-24(9-11-25)7-3-6-18-21-20(23-28-18)17-5-4-12-29-17/h4-5,12H,3,6-11,13H2,1-2H3. The van der Waals surface area contributed by atoms with Crippen molar-refractivity contribution in [3.05, 3.63) is 40.4 Å². The van der Waals surface area contributed by atoms with E-state index in [-0.39, 0.29) is 5.91 Å². The summed E-state index contributed by atoms with van der Waals surface area (Å²) in [5, 5.41) is 9.99. The first-order valence-corrected chi connectivity index (χ1v) is 10.8. The normalized spacial score (nSPS) is 15.2. The molecule has 8 nitrogen and oxygen atoms in total. The van der Waals surface area contributed by atoms with E-state index < -0.39 is 0 Å². The molecule has 3 aromatic heterocycles. The summed E-state index contributed by atoms with van der Waals surface area (Å²) in [4.78, 5) is 22.4. The maximum Gasteiger partial charge on any atom is 0.227 e. The largest absolute Gasteiger partial charge is 0.361 e. The molecule has 1 saturated heterocycles. The van der Waals surface area contributed by atoms with Crippen LogP contribution in [0.5, 0.6) is 0 Å². The Kier molecular flexibility index (Phi) is 6.05. The third-order valence-electron chi connectivity index (χ3n) is 5.31. The minimum atomic E-state index is 0.144. The molecule has 0 saturated carbocycles. The molecule has 1 aliphatic heterocycles. The number of amides is 1. The Hall–Kier alpha value is -2.52. The summed E-state index contributed by atoms with van der Waals surface area (Å²) < 4.78 is 10.5. The van der Waals surface area contributed by atoms with Crippen molar-refractivity contribution in [2.24, 2.45) is 0 Å². The third-order valence-corrected chi connectivity index (χ3v) is 6.17. The van der Waals surface area contributed by atoms with E-state index >= 15 is 0 Å². The van der Waals surface area contributed by atoms with Gasteiger partial charge in [0.05, 0.1) is 17.0 Å². The van der Waals surface area contributed by atoms with Gasteiger partial charge in [-0.05, 0) is 38.3 Å². The van der Waals surface area contributed by atoms with Gasteiger partial charge in [0, 0.05) is 38.2 Å². The molecule has 0 aliphatic carbocycles. The number of piperazine rings is 1. The van der Waals surface area contributed by atoms with Crippen LogP contribution in [-0.2, 0) is 17.6 Å². The summed E-state index contributed by atoms with van der Waals surface area (Å²) in [6.45, 7) is 7.98. The van der Waals surface area contributed by atoms with Crippen LogP contribution in [0, 0.1) is 13.8 Å². The first-order valence-electron chi connectivity index (χ1n) is 9.88. The Morgan fingerprint density at radius 3 is 2.69 bits per heavy atom. The van der Waals surface area contributed by atoms with Gasteiger partial charge in [0.2, 0.25) is 17.6 Å². The summed E-state index contributed by atoms with van der Waals surface area (Å²) in [5.41, 5.74) is 1.72. The number of hydrogen-bond acceptors (Lipinski definition) is 8. The smallest absolute Gasteiger partial charge is 0.227 e. The van der Waals surface area contributed by atoms with E-state index in [0.717, 1.165) is 67.5 Å². The van der Waals surface area contributed by atoms with E-state index in [1.807, 2.05) is 36.3 Å². The van der Waals surface area contributed by atoms with Crippen molar-refractivity contribution in [3.8, 4) is 10.7 Å². The molecule has 0 atom stereocenters. The number of thiophene rings is 1. The quantitative estimate of drug-likeness (QED) is 0.586. The van der Waals surface area contributed by atoms with Gasteiger partial charge < -0.3 is 13.9 Å². The highest BCUT2D eigenvalue weighted by Crippen LogP contribution is 2.21. The molecule has 3 aromatic rings. The molecule has 0 unspecified atom stereocenters. The van der Waals surface area contributed by atoms with Crippen molar-refractivity contribution in [1.29, 1.82) is 0 Å². The second-order valence-corrected chi connectivity index (χ2v) is 8.24. The lowest BCUT2D eigenvalue weighted by Gasteiger charge is -2.34. The van der Waals surface area contributed by atoms with Crippen molar-refractivity contribution in [2.45, 2.75) is 33.1 Å². The van der Waals surface area contributed by atoms with E-state index in [0.29, 0.717) is 18.1 Å². The zero-order chi connectivity index (χ0) is 20.2. The van der Waals surface area contributed by atoms with E-state index in [2.05, 4.69) is 20.2 Å². The maximum absolute atomic E-state index is 12.6. The van der Waals surface area contributed by atoms with Crippen LogP contribution in [0.1, 0.15) is 29.3 Å². The first-order chi connectivity index (χ1) is 14.1. The van der Waals surface area contributed by atoms with Crippen LogP contribution in [0.3, 0.4) is 0 Å². The van der Waals surface area contributed by atoms with E-state index in [4.69, 9.17) is 9.05 Å². The Balaban J connectivity index is 1.19. The lowest BCUT2D eigenvalue weighted by Crippen LogP contribution is -2.49. The molecule has 4 rings (SSSR count). The number of aromatic nitrogens is 3. The van der Waals surface area contributed by atoms with Crippen molar-refractivity contribution in [1.82, 2.24) is 25.1 Å². The van der Waals surface area contributed by atoms with Gasteiger partial charge in [0.25, 0.3) is 0 Å². The molecule has 29 heavy (non-hydrogen) atoms. The second-order valence-electron chi connectivity index (χ2n) is 7.29. The molecule has 4 heterocycles. The van der Waals surface area contributed by atoms with Gasteiger partial charge in [0.1, 0.15) is 5.76 Å². The topological polar surface area (TPSA) is 88.5 Å². The zero-order valence-electron chi connectivity index (χ0n) is 16.8. The summed E-state index contributed by atoms with van der Waals surface area (Å²) in [5.74, 6) is 2.23. The molecule has 1 aliphatic rings. The van der Waals surface area contributed by atoms with Gasteiger partial charge in [0.15, 0.2) is 0 Å². The summed E-state index contributed by atoms with van der Waals surface area (Å²) >= 11 is 1.61. The molecule has 0 N–H and O–H groups in total. The monoisotopic (exact) mass is 415 g/mol. The lowest BCUT2D eigenvalue weighted by atomic mass is 10.1. The molecule has 1 fully saturated rings. The molecule has 0 aromatic carbocycles. The number of carbonyl (C=O) groups is 1. The van der Waals surface area contributed by atoms with Crippen LogP contribution in [0.25, 0.3) is 10.7 Å². The van der Waals surface area contributed by atoms with Gasteiger partial charge in [-0.15, -0.1) is 11.3 Å². The number of nitrogens with zero attached hydrogens (tertiary/aromatic N) is 5. The molecule has 0 radical (unpaired) electrons. The maximum atomic E-state index is 12.6. The van der Waals surface area contributed by atoms with Crippen LogP contribution in [-0.4, -0.2) is 63.7 Å². The average Bonchev–Trinajstić information content (AvgIpc) is 3.47. The SMILES string of the molecule is Cc1noc(C)c1CC(=O)N1CCN(CCCc2nc(-c3cccs3)no2)CC1. The molecule has 1 amide bonds. The highest BCUT2D eigenvalue weighted by molar-refractivity contribution is 7.13. The molecular formula is C20H25N5O3S. The summed E-state index contributed by atoms with van der Waals surface area (Å²) in [6.07, 6.45) is 2.09. The van der Waals surface area contributed by atoms with Gasteiger partial charge in [-0.25, -0.2) is 0 Å². The molecule has 9 heteroatoms. The third kappa shape index (κ3) is 4.73. The average molecular weight is 416 g/mol. The van der Waals surface area contributed by atoms with E-state index in [9.17, 15) is 4.79 Å². The number of hydrogen-bond donors (Lipinski definition) is 0.